The molecule has 3 rings (SSSR count). The first-order chi connectivity index (χ1) is 12.1. The molecule has 134 valence electrons. The van der Waals surface area contributed by atoms with Gasteiger partial charge < -0.3 is 9.80 Å². The van der Waals surface area contributed by atoms with Crippen molar-refractivity contribution in [2.45, 2.75) is 32.0 Å². The van der Waals surface area contributed by atoms with Crippen LogP contribution in [-0.2, 0) is 13.1 Å². The third-order valence-corrected chi connectivity index (χ3v) is 4.79. The van der Waals surface area contributed by atoms with Crippen LogP contribution in [0.2, 0.25) is 0 Å². The number of rotatable bonds is 6. The van der Waals surface area contributed by atoms with Crippen LogP contribution in [0.5, 0.6) is 0 Å². The molecule has 1 saturated heterocycles. The minimum absolute atomic E-state index is 0.588. The topological polar surface area (TPSA) is 48.4 Å². The summed E-state index contributed by atoms with van der Waals surface area (Å²) in [5.74, 6) is 0.752. The van der Waals surface area contributed by atoms with Crippen LogP contribution < -0.4 is 4.90 Å². The molecule has 1 aliphatic heterocycles. The van der Waals surface area contributed by atoms with Crippen molar-refractivity contribution in [3.05, 3.63) is 48.0 Å². The van der Waals surface area contributed by atoms with Crippen LogP contribution in [0, 0.1) is 0 Å². The van der Waals surface area contributed by atoms with E-state index in [1.807, 2.05) is 49.8 Å². The van der Waals surface area contributed by atoms with Crippen molar-refractivity contribution in [1.82, 2.24) is 24.8 Å². The summed E-state index contributed by atoms with van der Waals surface area (Å²) >= 11 is 0. The van der Waals surface area contributed by atoms with Gasteiger partial charge in [-0.25, -0.2) is 9.97 Å². The largest absolute Gasteiger partial charge is 0.347 e. The van der Waals surface area contributed by atoms with Crippen molar-refractivity contribution in [3.8, 4) is 0 Å². The number of likely N-dealkylation sites (tertiary alicyclic amines) is 1. The van der Waals surface area contributed by atoms with E-state index < -0.39 is 0 Å². The van der Waals surface area contributed by atoms with E-state index in [0.717, 1.165) is 37.7 Å². The first-order valence-electron chi connectivity index (χ1n) is 8.91. The van der Waals surface area contributed by atoms with Crippen molar-refractivity contribution in [1.29, 1.82) is 0 Å². The van der Waals surface area contributed by atoms with Gasteiger partial charge in [0, 0.05) is 63.6 Å². The van der Waals surface area contributed by atoms with Gasteiger partial charge in [-0.05, 0) is 44.6 Å². The van der Waals surface area contributed by atoms with Gasteiger partial charge in [0.05, 0.1) is 0 Å². The van der Waals surface area contributed by atoms with Crippen molar-refractivity contribution in [2.24, 2.45) is 0 Å². The maximum Gasteiger partial charge on any atom is 0.224 e. The molecule has 0 aromatic carbocycles. The van der Waals surface area contributed by atoms with Crippen LogP contribution in [0.15, 0.2) is 36.9 Å². The second-order valence-electron chi connectivity index (χ2n) is 7.09. The molecule has 0 atom stereocenters. The van der Waals surface area contributed by atoms with Gasteiger partial charge >= 0.3 is 0 Å². The molecule has 2 aromatic rings. The summed E-state index contributed by atoms with van der Waals surface area (Å²) < 4.78 is 0. The zero-order chi connectivity index (χ0) is 17.6. The minimum Gasteiger partial charge on any atom is -0.347 e. The third kappa shape index (κ3) is 4.96. The lowest BCUT2D eigenvalue weighted by Gasteiger charge is -2.37. The summed E-state index contributed by atoms with van der Waals surface area (Å²) in [5, 5.41) is 0. The van der Waals surface area contributed by atoms with Gasteiger partial charge in [-0.3, -0.25) is 9.88 Å². The van der Waals surface area contributed by atoms with Crippen LogP contribution in [0.25, 0.3) is 0 Å². The number of aromatic nitrogens is 3. The first kappa shape index (κ1) is 17.8. The fourth-order valence-corrected chi connectivity index (χ4v) is 3.30. The normalized spacial score (nSPS) is 16.3. The second kappa shape index (κ2) is 8.36. The Bertz CT molecular complexity index is 635. The first-order valence-corrected chi connectivity index (χ1v) is 8.91. The molecule has 0 saturated carbocycles. The van der Waals surface area contributed by atoms with Gasteiger partial charge in [0.2, 0.25) is 5.95 Å². The van der Waals surface area contributed by atoms with Crippen molar-refractivity contribution < 1.29 is 0 Å². The van der Waals surface area contributed by atoms with E-state index in [4.69, 9.17) is 0 Å². The Balaban J connectivity index is 1.73. The number of piperidine rings is 1. The Morgan fingerprint density at radius 1 is 1.04 bits per heavy atom. The van der Waals surface area contributed by atoms with E-state index in [-0.39, 0.29) is 0 Å². The van der Waals surface area contributed by atoms with Gasteiger partial charge in [-0.1, -0.05) is 6.07 Å². The molecule has 6 heteroatoms. The monoisotopic (exact) mass is 340 g/mol. The van der Waals surface area contributed by atoms with Gasteiger partial charge in [0.15, 0.2) is 0 Å². The Morgan fingerprint density at radius 2 is 1.72 bits per heavy atom. The quantitative estimate of drug-likeness (QED) is 0.802. The number of hydrogen-bond acceptors (Lipinski definition) is 6. The van der Waals surface area contributed by atoms with Crippen LogP contribution in [-0.4, -0.2) is 65.0 Å². The van der Waals surface area contributed by atoms with E-state index in [1.54, 1.807) is 0 Å². The van der Waals surface area contributed by atoms with E-state index in [0.29, 0.717) is 6.04 Å². The SMILES string of the molecule is CN1CCC(N(Cc2cccnc2)Cc2cnc(N(C)C)nc2)CC1. The predicted molar refractivity (Wildman–Crippen MR) is 100 cm³/mol. The van der Waals surface area contributed by atoms with Crippen LogP contribution >= 0.6 is 0 Å². The Kier molecular flexibility index (Phi) is 5.94. The molecule has 2 aromatic heterocycles. The van der Waals surface area contributed by atoms with E-state index in [2.05, 4.69) is 37.9 Å². The maximum absolute atomic E-state index is 4.46. The fourth-order valence-electron chi connectivity index (χ4n) is 3.30. The lowest BCUT2D eigenvalue weighted by molar-refractivity contribution is 0.108. The molecular weight excluding hydrogens is 312 g/mol. The number of nitrogens with zero attached hydrogens (tertiary/aromatic N) is 6. The highest BCUT2D eigenvalue weighted by Gasteiger charge is 2.23. The number of pyridine rings is 1. The van der Waals surface area contributed by atoms with Crippen molar-refractivity contribution in [3.63, 3.8) is 0 Å². The summed E-state index contributed by atoms with van der Waals surface area (Å²) in [6.07, 6.45) is 10.1. The molecular formula is C19H28N6. The Morgan fingerprint density at radius 3 is 2.32 bits per heavy atom. The standard InChI is InChI=1S/C19H28N6/c1-23(2)19-21-12-17(13-22-19)15-25(14-16-5-4-8-20-11-16)18-6-9-24(3)10-7-18/h4-5,8,11-13,18H,6-7,9-10,14-15H2,1-3H3. The van der Waals surface area contributed by atoms with Gasteiger partial charge in [0.1, 0.15) is 0 Å². The second-order valence-corrected chi connectivity index (χ2v) is 7.09. The smallest absolute Gasteiger partial charge is 0.224 e. The minimum atomic E-state index is 0.588. The van der Waals surface area contributed by atoms with Gasteiger partial charge in [-0.15, -0.1) is 0 Å². The Hall–Kier alpha value is -2.05. The van der Waals surface area contributed by atoms with Crippen molar-refractivity contribution in [2.75, 3.05) is 39.1 Å². The summed E-state index contributed by atoms with van der Waals surface area (Å²) in [6.45, 7) is 4.10. The van der Waals surface area contributed by atoms with Crippen LogP contribution in [0.3, 0.4) is 0 Å². The third-order valence-electron chi connectivity index (χ3n) is 4.79. The zero-order valence-electron chi connectivity index (χ0n) is 15.5. The fraction of sp³-hybridized carbons (Fsp3) is 0.526. The van der Waals surface area contributed by atoms with Gasteiger partial charge in [-0.2, -0.15) is 0 Å². The molecule has 0 unspecified atom stereocenters. The Labute approximate surface area is 150 Å². The highest BCUT2D eigenvalue weighted by Crippen LogP contribution is 2.20. The summed E-state index contributed by atoms with van der Waals surface area (Å²) in [7, 11) is 6.12. The number of hydrogen-bond donors (Lipinski definition) is 0. The molecule has 6 nitrogen and oxygen atoms in total. The molecule has 1 aliphatic rings. The molecule has 0 bridgehead atoms. The molecule has 0 spiro atoms. The molecule has 25 heavy (non-hydrogen) atoms. The highest BCUT2D eigenvalue weighted by molar-refractivity contribution is 5.26. The average molecular weight is 340 g/mol. The van der Waals surface area contributed by atoms with Crippen LogP contribution in [0.1, 0.15) is 24.0 Å². The van der Waals surface area contributed by atoms with E-state index >= 15 is 0 Å². The average Bonchev–Trinajstić information content (AvgIpc) is 2.63. The van der Waals surface area contributed by atoms with Crippen molar-refractivity contribution >= 4 is 5.95 Å². The molecule has 3 heterocycles. The van der Waals surface area contributed by atoms with E-state index in [9.17, 15) is 0 Å². The molecule has 0 amide bonds. The molecule has 1 fully saturated rings. The number of anilines is 1. The lowest BCUT2D eigenvalue weighted by Crippen LogP contribution is -2.43. The lowest BCUT2D eigenvalue weighted by atomic mass is 10.0. The summed E-state index contributed by atoms with van der Waals surface area (Å²) in [6, 6.07) is 4.75. The van der Waals surface area contributed by atoms with Crippen LogP contribution in [0.4, 0.5) is 5.95 Å². The summed E-state index contributed by atoms with van der Waals surface area (Å²) in [5.41, 5.74) is 2.42. The molecule has 0 aliphatic carbocycles. The van der Waals surface area contributed by atoms with E-state index in [1.165, 1.54) is 18.4 Å². The predicted octanol–water partition coefficient (Wildman–Crippen LogP) is 2.03. The maximum atomic E-state index is 4.46. The van der Waals surface area contributed by atoms with Gasteiger partial charge in [0.25, 0.3) is 0 Å². The molecule has 0 N–H and O–H groups in total. The highest BCUT2D eigenvalue weighted by atomic mass is 15.2. The molecule has 0 radical (unpaired) electrons. The summed E-state index contributed by atoms with van der Waals surface area (Å²) in [4.78, 5) is 20.1. The zero-order valence-corrected chi connectivity index (χ0v) is 15.5.